The first-order valence-electron chi connectivity index (χ1n) is 9.87. The summed E-state index contributed by atoms with van der Waals surface area (Å²) in [6.07, 6.45) is 5.42. The zero-order valence-corrected chi connectivity index (χ0v) is 18.6. The number of nitrogens with zero attached hydrogens (tertiary/aromatic N) is 3. The van der Waals surface area contributed by atoms with Crippen LogP contribution in [-0.4, -0.2) is 27.8 Å². The second kappa shape index (κ2) is 10.7. The maximum Gasteiger partial charge on any atom is 0.250 e. The van der Waals surface area contributed by atoms with Gasteiger partial charge in [-0.05, 0) is 35.4 Å². The Morgan fingerprint density at radius 1 is 0.906 bits per heavy atom. The molecule has 0 aliphatic carbocycles. The van der Waals surface area contributed by atoms with Crippen LogP contribution < -0.4 is 5.43 Å². The molecule has 0 radical (unpaired) electrons. The third-order valence-corrected chi connectivity index (χ3v) is 5.67. The molecule has 0 spiro atoms. The first-order chi connectivity index (χ1) is 15.7. The molecule has 32 heavy (non-hydrogen) atoms. The molecule has 1 amide bonds. The minimum Gasteiger partial charge on any atom is -0.272 e. The Kier molecular flexibility index (Phi) is 7.27. The average molecular weight is 459 g/mol. The molecule has 0 saturated carbocycles. The van der Waals surface area contributed by atoms with E-state index in [1.807, 2.05) is 78.9 Å². The van der Waals surface area contributed by atoms with Gasteiger partial charge in [0.05, 0.1) is 17.5 Å². The van der Waals surface area contributed by atoms with Crippen molar-refractivity contribution in [1.29, 1.82) is 0 Å². The molecule has 7 heteroatoms. The molecule has 0 aliphatic heterocycles. The average Bonchev–Trinajstić information content (AvgIpc) is 2.83. The van der Waals surface area contributed by atoms with Crippen molar-refractivity contribution < 1.29 is 4.79 Å². The molecule has 1 heterocycles. The lowest BCUT2D eigenvalue weighted by Gasteiger charge is -2.06. The maximum atomic E-state index is 12.3. The molecule has 5 nitrogen and oxygen atoms in total. The number of nitrogens with one attached hydrogen (secondary N) is 1. The van der Waals surface area contributed by atoms with Crippen molar-refractivity contribution in [3.63, 3.8) is 0 Å². The Morgan fingerprint density at radius 2 is 1.66 bits per heavy atom. The second-order valence-corrected chi connectivity index (χ2v) is 8.18. The molecular weight excluding hydrogens is 440 g/mol. The summed E-state index contributed by atoms with van der Waals surface area (Å²) in [4.78, 5) is 21.5. The minimum atomic E-state index is -0.218. The van der Waals surface area contributed by atoms with Crippen LogP contribution in [0.3, 0.4) is 0 Å². The van der Waals surface area contributed by atoms with Crippen LogP contribution in [0.4, 0.5) is 0 Å². The molecule has 4 rings (SSSR count). The highest BCUT2D eigenvalue weighted by molar-refractivity contribution is 8.00. The standard InChI is InChI=1S/C25H19ClN4OS/c26-20-13-10-19(11-14-20)16-27-30-24(31)17-32-25-21-8-4-5-9-22(21)28-23(29-25)15-12-18-6-2-1-3-7-18/h1-16H,17H2,(H,30,31)/b15-12+,27-16+. The lowest BCUT2D eigenvalue weighted by molar-refractivity contribution is -0.118. The molecule has 4 aromatic rings. The fourth-order valence-corrected chi connectivity index (χ4v) is 3.82. The van der Waals surface area contributed by atoms with E-state index >= 15 is 0 Å². The zero-order valence-electron chi connectivity index (χ0n) is 17.0. The SMILES string of the molecule is O=C(CSc1nc(/C=C/c2ccccc2)nc2ccccc12)N/N=C/c1ccc(Cl)cc1. The number of hydrogen-bond donors (Lipinski definition) is 1. The molecule has 0 atom stereocenters. The van der Waals surface area contributed by atoms with Crippen LogP contribution in [-0.2, 0) is 4.79 Å². The summed E-state index contributed by atoms with van der Waals surface area (Å²) >= 11 is 7.22. The topological polar surface area (TPSA) is 67.2 Å². The van der Waals surface area contributed by atoms with Gasteiger partial charge in [-0.1, -0.05) is 90.1 Å². The molecule has 0 bridgehead atoms. The number of carbonyl (C=O) groups is 1. The van der Waals surface area contributed by atoms with E-state index in [1.165, 1.54) is 11.8 Å². The van der Waals surface area contributed by atoms with E-state index in [1.54, 1.807) is 18.3 Å². The molecule has 1 N–H and O–H groups in total. The number of benzene rings is 3. The lowest BCUT2D eigenvalue weighted by atomic mass is 10.2. The number of aromatic nitrogens is 2. The van der Waals surface area contributed by atoms with Crippen LogP contribution >= 0.6 is 23.4 Å². The predicted octanol–water partition coefficient (Wildman–Crippen LogP) is 5.70. The fraction of sp³-hybridized carbons (Fsp3) is 0.0400. The van der Waals surface area contributed by atoms with Crippen molar-refractivity contribution in [2.75, 3.05) is 5.75 Å². The monoisotopic (exact) mass is 458 g/mol. The second-order valence-electron chi connectivity index (χ2n) is 6.78. The number of halogens is 1. The van der Waals surface area contributed by atoms with Gasteiger partial charge in [0.1, 0.15) is 5.03 Å². The van der Waals surface area contributed by atoms with E-state index < -0.39 is 0 Å². The van der Waals surface area contributed by atoms with Crippen molar-refractivity contribution in [3.8, 4) is 0 Å². The number of carbonyl (C=O) groups excluding carboxylic acids is 1. The third-order valence-electron chi connectivity index (χ3n) is 4.42. The molecule has 1 aromatic heterocycles. The molecule has 3 aromatic carbocycles. The molecule has 0 fully saturated rings. The summed E-state index contributed by atoms with van der Waals surface area (Å²) in [5.74, 6) is 0.557. The lowest BCUT2D eigenvalue weighted by Crippen LogP contribution is -2.19. The Hall–Kier alpha value is -3.48. The van der Waals surface area contributed by atoms with Crippen LogP contribution in [0.25, 0.3) is 23.1 Å². The Labute approximate surface area is 195 Å². The van der Waals surface area contributed by atoms with Gasteiger partial charge in [0.25, 0.3) is 0 Å². The highest BCUT2D eigenvalue weighted by Crippen LogP contribution is 2.25. The van der Waals surface area contributed by atoms with Crippen molar-refractivity contribution in [3.05, 3.63) is 101 Å². The number of rotatable bonds is 7. The highest BCUT2D eigenvalue weighted by Gasteiger charge is 2.09. The van der Waals surface area contributed by atoms with E-state index in [2.05, 4.69) is 20.5 Å². The summed E-state index contributed by atoms with van der Waals surface area (Å²) in [5.41, 5.74) is 5.29. The largest absolute Gasteiger partial charge is 0.272 e. The van der Waals surface area contributed by atoms with E-state index in [0.29, 0.717) is 10.8 Å². The first-order valence-corrected chi connectivity index (χ1v) is 11.2. The number of amides is 1. The van der Waals surface area contributed by atoms with E-state index in [4.69, 9.17) is 11.6 Å². The van der Waals surface area contributed by atoms with Gasteiger partial charge in [0, 0.05) is 10.4 Å². The van der Waals surface area contributed by atoms with Gasteiger partial charge < -0.3 is 0 Å². The Morgan fingerprint density at radius 3 is 2.47 bits per heavy atom. The summed E-state index contributed by atoms with van der Waals surface area (Å²) in [6, 6.07) is 24.9. The van der Waals surface area contributed by atoms with Gasteiger partial charge in [0.15, 0.2) is 5.82 Å². The molecule has 0 saturated heterocycles. The highest BCUT2D eigenvalue weighted by atomic mass is 35.5. The zero-order chi connectivity index (χ0) is 22.2. The number of thioether (sulfide) groups is 1. The van der Waals surface area contributed by atoms with E-state index in [9.17, 15) is 4.79 Å². The van der Waals surface area contributed by atoms with Crippen molar-refractivity contribution in [2.45, 2.75) is 5.03 Å². The van der Waals surface area contributed by atoms with Crippen LogP contribution in [0, 0.1) is 0 Å². The van der Waals surface area contributed by atoms with Crippen LogP contribution in [0.5, 0.6) is 0 Å². The molecule has 0 aliphatic rings. The third kappa shape index (κ3) is 6.03. The molecule has 158 valence electrons. The number of para-hydroxylation sites is 1. The van der Waals surface area contributed by atoms with Gasteiger partial charge in [-0.2, -0.15) is 5.10 Å². The summed E-state index contributed by atoms with van der Waals surface area (Å²) in [7, 11) is 0. The van der Waals surface area contributed by atoms with Crippen molar-refractivity contribution >= 4 is 58.5 Å². The Bertz CT molecular complexity index is 1270. The van der Waals surface area contributed by atoms with Gasteiger partial charge in [-0.3, -0.25) is 4.79 Å². The number of fused-ring (bicyclic) bond motifs is 1. The van der Waals surface area contributed by atoms with Gasteiger partial charge in [-0.15, -0.1) is 0 Å². The fourth-order valence-electron chi connectivity index (χ4n) is 2.88. The smallest absolute Gasteiger partial charge is 0.250 e. The van der Waals surface area contributed by atoms with E-state index in [-0.39, 0.29) is 11.7 Å². The minimum absolute atomic E-state index is 0.181. The van der Waals surface area contributed by atoms with Crippen molar-refractivity contribution in [1.82, 2.24) is 15.4 Å². The van der Waals surface area contributed by atoms with Crippen LogP contribution in [0.2, 0.25) is 5.02 Å². The Balaban J connectivity index is 1.45. The summed E-state index contributed by atoms with van der Waals surface area (Å²) < 4.78 is 0. The van der Waals surface area contributed by atoms with Gasteiger partial charge in [-0.25, -0.2) is 15.4 Å². The number of hydrogen-bond acceptors (Lipinski definition) is 5. The van der Waals surface area contributed by atoms with Crippen molar-refractivity contribution in [2.24, 2.45) is 5.10 Å². The first kappa shape index (κ1) is 21.7. The summed E-state index contributed by atoms with van der Waals surface area (Å²) in [5, 5.41) is 6.31. The maximum absolute atomic E-state index is 12.3. The van der Waals surface area contributed by atoms with Gasteiger partial charge in [0.2, 0.25) is 5.91 Å². The predicted molar refractivity (Wildman–Crippen MR) is 133 cm³/mol. The molecular formula is C25H19ClN4OS. The van der Waals surface area contributed by atoms with E-state index in [0.717, 1.165) is 27.1 Å². The van der Waals surface area contributed by atoms with Crippen LogP contribution in [0.1, 0.15) is 17.0 Å². The quantitative estimate of drug-likeness (QED) is 0.167. The van der Waals surface area contributed by atoms with Crippen LogP contribution in [0.15, 0.2) is 89.0 Å². The molecule has 0 unspecified atom stereocenters. The summed E-state index contributed by atoms with van der Waals surface area (Å²) in [6.45, 7) is 0. The number of hydrazone groups is 1. The normalized spacial score (nSPS) is 11.4. The van der Waals surface area contributed by atoms with Gasteiger partial charge >= 0.3 is 0 Å².